The first-order valence-electron chi connectivity index (χ1n) is 3.69. The van der Waals surface area contributed by atoms with Crippen LogP contribution in [0, 0.1) is 0 Å². The van der Waals surface area contributed by atoms with E-state index in [-0.39, 0.29) is 10.6 Å². The molecular weight excluding hydrogens is 206 g/mol. The van der Waals surface area contributed by atoms with E-state index in [4.69, 9.17) is 0 Å². The summed E-state index contributed by atoms with van der Waals surface area (Å²) in [4.78, 5) is 14.7. The number of hydrogen-bond donors (Lipinski definition) is 0. The van der Waals surface area contributed by atoms with Gasteiger partial charge in [0, 0.05) is 12.5 Å². The number of rotatable bonds is 2. The summed E-state index contributed by atoms with van der Waals surface area (Å²) in [6.45, 7) is 0. The Balaban J connectivity index is 3.07. The monoisotopic (exact) mass is 215 g/mol. The summed E-state index contributed by atoms with van der Waals surface area (Å²) in [5.41, 5.74) is 0.0832. The lowest BCUT2D eigenvalue weighted by Crippen LogP contribution is -2.05. The second kappa shape index (κ2) is 3.75. The summed E-state index contributed by atoms with van der Waals surface area (Å²) in [7, 11) is -2.04. The molecule has 0 spiro atoms. The molecule has 0 aromatic carbocycles. The molecule has 14 heavy (non-hydrogen) atoms. The van der Waals surface area contributed by atoms with Crippen LogP contribution in [0.1, 0.15) is 10.5 Å². The lowest BCUT2D eigenvalue weighted by Gasteiger charge is -1.99. The predicted molar refractivity (Wildman–Crippen MR) is 48.7 cm³/mol. The van der Waals surface area contributed by atoms with E-state index in [0.717, 1.165) is 12.5 Å². The quantitative estimate of drug-likeness (QED) is 0.662. The molecule has 0 amide bonds. The highest BCUT2D eigenvalue weighted by atomic mass is 32.2. The minimum Gasteiger partial charge on any atom is -0.464 e. The van der Waals surface area contributed by atoms with Gasteiger partial charge in [-0.1, -0.05) is 0 Å². The van der Waals surface area contributed by atoms with E-state index >= 15 is 0 Å². The number of nitrogens with zero attached hydrogens (tertiary/aromatic N) is 1. The van der Waals surface area contributed by atoms with Crippen molar-refractivity contribution in [2.24, 2.45) is 0 Å². The van der Waals surface area contributed by atoms with Crippen LogP contribution < -0.4 is 0 Å². The molecule has 1 heterocycles. The van der Waals surface area contributed by atoms with Crippen molar-refractivity contribution in [2.45, 2.75) is 4.90 Å². The van der Waals surface area contributed by atoms with Crippen molar-refractivity contribution >= 4 is 15.8 Å². The summed E-state index contributed by atoms with van der Waals surface area (Å²) in [6.07, 6.45) is 2.20. The van der Waals surface area contributed by atoms with Crippen LogP contribution in [-0.2, 0) is 14.6 Å². The Morgan fingerprint density at radius 2 is 2.07 bits per heavy atom. The van der Waals surface area contributed by atoms with Crippen LogP contribution in [0.3, 0.4) is 0 Å². The topological polar surface area (TPSA) is 73.3 Å². The first kappa shape index (κ1) is 10.6. The fourth-order valence-corrected chi connectivity index (χ4v) is 1.38. The maximum atomic E-state index is 11.0. The number of carbonyl (C=O) groups excluding carboxylic acids is 1. The minimum absolute atomic E-state index is 0.0742. The molecule has 1 aromatic rings. The normalized spacial score (nSPS) is 11.0. The Hall–Kier alpha value is -1.43. The minimum atomic E-state index is -3.27. The van der Waals surface area contributed by atoms with Crippen molar-refractivity contribution in [3.63, 3.8) is 0 Å². The van der Waals surface area contributed by atoms with Gasteiger partial charge in [0.05, 0.1) is 12.0 Å². The molecule has 0 atom stereocenters. The van der Waals surface area contributed by atoms with Gasteiger partial charge in [-0.15, -0.1) is 0 Å². The van der Waals surface area contributed by atoms with Crippen LogP contribution in [0.4, 0.5) is 0 Å². The molecule has 0 fully saturated rings. The first-order chi connectivity index (χ1) is 6.45. The zero-order chi connectivity index (χ0) is 10.8. The molecule has 0 saturated carbocycles. The fourth-order valence-electron chi connectivity index (χ4n) is 0.825. The molecule has 0 unspecified atom stereocenters. The number of carbonyl (C=O) groups is 1. The number of hydrogen-bond acceptors (Lipinski definition) is 5. The Kier molecular flexibility index (Phi) is 2.85. The van der Waals surface area contributed by atoms with Crippen molar-refractivity contribution in [2.75, 3.05) is 13.4 Å². The predicted octanol–water partition coefficient (Wildman–Crippen LogP) is 0.272. The molecular formula is C8H9NO4S. The average Bonchev–Trinajstić information content (AvgIpc) is 2.15. The molecule has 0 N–H and O–H groups in total. The number of esters is 1. The number of ether oxygens (including phenoxy) is 1. The summed E-state index contributed by atoms with van der Waals surface area (Å²) < 4.78 is 26.5. The number of methoxy groups -OCH3 is 1. The molecule has 0 aliphatic heterocycles. The highest BCUT2D eigenvalue weighted by Gasteiger charge is 2.10. The van der Waals surface area contributed by atoms with Crippen LogP contribution in [0.2, 0.25) is 0 Å². The van der Waals surface area contributed by atoms with Gasteiger partial charge < -0.3 is 4.74 Å². The summed E-state index contributed by atoms with van der Waals surface area (Å²) in [5, 5.41) is 0. The second-order valence-corrected chi connectivity index (χ2v) is 4.66. The molecule has 0 saturated heterocycles. The van der Waals surface area contributed by atoms with E-state index in [0.29, 0.717) is 0 Å². The maximum Gasteiger partial charge on any atom is 0.356 e. The molecule has 0 bridgehead atoms. The lowest BCUT2D eigenvalue weighted by molar-refractivity contribution is 0.0594. The zero-order valence-electron chi connectivity index (χ0n) is 7.72. The standard InChI is InChI=1S/C8H9NO4S/c1-13-8(10)7-4-3-6(5-9-7)14(2,11)12/h3-5H,1-2H3. The van der Waals surface area contributed by atoms with E-state index < -0.39 is 15.8 Å². The van der Waals surface area contributed by atoms with E-state index in [1.165, 1.54) is 19.2 Å². The van der Waals surface area contributed by atoms with E-state index in [9.17, 15) is 13.2 Å². The molecule has 76 valence electrons. The van der Waals surface area contributed by atoms with Crippen LogP contribution in [0.5, 0.6) is 0 Å². The van der Waals surface area contributed by atoms with Gasteiger partial charge in [0.1, 0.15) is 5.69 Å². The highest BCUT2D eigenvalue weighted by Crippen LogP contribution is 2.07. The maximum absolute atomic E-state index is 11.0. The van der Waals surface area contributed by atoms with Gasteiger partial charge in [0.2, 0.25) is 0 Å². The third-order valence-corrected chi connectivity index (χ3v) is 2.66. The SMILES string of the molecule is COC(=O)c1ccc(S(C)(=O)=O)cn1. The van der Waals surface area contributed by atoms with Gasteiger partial charge in [-0.05, 0) is 12.1 Å². The Morgan fingerprint density at radius 3 is 2.43 bits per heavy atom. The molecule has 1 rings (SSSR count). The summed E-state index contributed by atoms with van der Waals surface area (Å²) in [5.74, 6) is -0.593. The molecule has 6 heteroatoms. The van der Waals surface area contributed by atoms with Crippen LogP contribution >= 0.6 is 0 Å². The van der Waals surface area contributed by atoms with Crippen molar-refractivity contribution < 1.29 is 17.9 Å². The molecule has 0 aliphatic carbocycles. The fraction of sp³-hybridized carbons (Fsp3) is 0.250. The lowest BCUT2D eigenvalue weighted by atomic mass is 10.3. The van der Waals surface area contributed by atoms with Gasteiger partial charge in [-0.3, -0.25) is 0 Å². The molecule has 1 aromatic heterocycles. The van der Waals surface area contributed by atoms with E-state index in [2.05, 4.69) is 9.72 Å². The van der Waals surface area contributed by atoms with Crippen LogP contribution in [-0.4, -0.2) is 32.7 Å². The highest BCUT2D eigenvalue weighted by molar-refractivity contribution is 7.90. The molecule has 0 radical (unpaired) electrons. The largest absolute Gasteiger partial charge is 0.464 e. The van der Waals surface area contributed by atoms with E-state index in [1.807, 2.05) is 0 Å². The second-order valence-electron chi connectivity index (χ2n) is 2.64. The van der Waals surface area contributed by atoms with Crippen molar-refractivity contribution in [3.8, 4) is 0 Å². The molecule has 0 aliphatic rings. The van der Waals surface area contributed by atoms with Gasteiger partial charge in [-0.25, -0.2) is 18.2 Å². The number of aromatic nitrogens is 1. The Labute approximate surface area is 81.6 Å². The van der Waals surface area contributed by atoms with Crippen molar-refractivity contribution in [3.05, 3.63) is 24.0 Å². The van der Waals surface area contributed by atoms with Gasteiger partial charge >= 0.3 is 5.97 Å². The van der Waals surface area contributed by atoms with Gasteiger partial charge in [0.25, 0.3) is 0 Å². The van der Waals surface area contributed by atoms with Gasteiger partial charge in [0.15, 0.2) is 9.84 Å². The smallest absolute Gasteiger partial charge is 0.356 e. The van der Waals surface area contributed by atoms with Gasteiger partial charge in [-0.2, -0.15) is 0 Å². The van der Waals surface area contributed by atoms with Crippen molar-refractivity contribution in [1.82, 2.24) is 4.98 Å². The van der Waals surface area contributed by atoms with Crippen LogP contribution in [0.15, 0.2) is 23.2 Å². The first-order valence-corrected chi connectivity index (χ1v) is 5.58. The van der Waals surface area contributed by atoms with Crippen molar-refractivity contribution in [1.29, 1.82) is 0 Å². The number of pyridine rings is 1. The third-order valence-electron chi connectivity index (χ3n) is 1.56. The number of sulfone groups is 1. The summed E-state index contributed by atoms with van der Waals surface area (Å²) in [6, 6.07) is 2.62. The average molecular weight is 215 g/mol. The summed E-state index contributed by atoms with van der Waals surface area (Å²) >= 11 is 0. The zero-order valence-corrected chi connectivity index (χ0v) is 8.54. The Morgan fingerprint density at radius 1 is 1.43 bits per heavy atom. The van der Waals surface area contributed by atoms with E-state index in [1.54, 1.807) is 0 Å². The Bertz CT molecular complexity index is 435. The molecule has 5 nitrogen and oxygen atoms in total. The van der Waals surface area contributed by atoms with Crippen LogP contribution in [0.25, 0.3) is 0 Å². The third kappa shape index (κ3) is 2.29.